The number of benzene rings is 1. The number of nitrogens with two attached hydrogens (primary N) is 1. The van der Waals surface area contributed by atoms with Gasteiger partial charge in [0.1, 0.15) is 0 Å². The maximum absolute atomic E-state index is 11.6. The number of anilines is 1. The van der Waals surface area contributed by atoms with Crippen molar-refractivity contribution in [3.05, 3.63) is 28.8 Å². The summed E-state index contributed by atoms with van der Waals surface area (Å²) in [4.78, 5) is 11.6. The Morgan fingerprint density at radius 3 is 2.94 bits per heavy atom. The topological polar surface area (TPSA) is 55.1 Å². The number of unbranched alkanes of at least 4 members (excludes halogenated alkanes) is 1. The van der Waals surface area contributed by atoms with Crippen LogP contribution in [0.2, 0.25) is 5.02 Å². The predicted octanol–water partition coefficient (Wildman–Crippen LogP) is 2.78. The Labute approximate surface area is 113 Å². The summed E-state index contributed by atoms with van der Waals surface area (Å²) in [5.74, 6) is 5.64. The number of rotatable bonds is 4. The van der Waals surface area contributed by atoms with Crippen LogP contribution < -0.4 is 11.1 Å². The van der Waals surface area contributed by atoms with Crippen molar-refractivity contribution in [3.8, 4) is 11.8 Å². The van der Waals surface area contributed by atoms with Crippen molar-refractivity contribution in [1.82, 2.24) is 0 Å². The molecule has 1 aromatic carbocycles. The summed E-state index contributed by atoms with van der Waals surface area (Å²) in [6.07, 6.45) is 2.37. The highest BCUT2D eigenvalue weighted by Crippen LogP contribution is 2.23. The number of hydrogen-bond acceptors (Lipinski definition) is 2. The first-order valence-electron chi connectivity index (χ1n) is 5.95. The highest BCUT2D eigenvalue weighted by molar-refractivity contribution is 6.33. The van der Waals surface area contributed by atoms with E-state index >= 15 is 0 Å². The van der Waals surface area contributed by atoms with Crippen molar-refractivity contribution in [3.63, 3.8) is 0 Å². The third kappa shape index (κ3) is 4.79. The van der Waals surface area contributed by atoms with Crippen molar-refractivity contribution < 1.29 is 4.79 Å². The lowest BCUT2D eigenvalue weighted by atomic mass is 10.2. The van der Waals surface area contributed by atoms with E-state index in [2.05, 4.69) is 17.2 Å². The van der Waals surface area contributed by atoms with Crippen LogP contribution in [0.5, 0.6) is 0 Å². The number of halogens is 1. The van der Waals surface area contributed by atoms with E-state index in [1.807, 2.05) is 6.92 Å². The van der Waals surface area contributed by atoms with Crippen LogP contribution in [-0.2, 0) is 4.79 Å². The van der Waals surface area contributed by atoms with Gasteiger partial charge in [0.05, 0.1) is 17.3 Å². The van der Waals surface area contributed by atoms with E-state index in [1.165, 1.54) is 0 Å². The van der Waals surface area contributed by atoms with Crippen LogP contribution in [0.1, 0.15) is 31.7 Å². The molecule has 0 bridgehead atoms. The molecule has 1 rings (SSSR count). The summed E-state index contributed by atoms with van der Waals surface area (Å²) in [5.41, 5.74) is 6.70. The molecule has 18 heavy (non-hydrogen) atoms. The number of hydrogen-bond donors (Lipinski definition) is 2. The first-order chi connectivity index (χ1) is 8.67. The van der Waals surface area contributed by atoms with Crippen molar-refractivity contribution >= 4 is 23.2 Å². The lowest BCUT2D eigenvalue weighted by Crippen LogP contribution is -2.11. The molecule has 1 amide bonds. The number of nitrogens with one attached hydrogen (secondary N) is 1. The van der Waals surface area contributed by atoms with E-state index in [9.17, 15) is 4.79 Å². The summed E-state index contributed by atoms with van der Waals surface area (Å²) < 4.78 is 0. The fraction of sp³-hybridized carbons (Fsp3) is 0.357. The smallest absolute Gasteiger partial charge is 0.224 e. The Bertz CT molecular complexity index is 474. The SMILES string of the molecule is CCCCC(=O)Nc1cc(C#CCN)ccc1Cl. The molecule has 0 aliphatic rings. The van der Waals surface area contributed by atoms with Crippen molar-refractivity contribution in [2.24, 2.45) is 5.73 Å². The second-order valence-corrected chi connectivity index (χ2v) is 4.26. The van der Waals surface area contributed by atoms with Crippen molar-refractivity contribution in [2.75, 3.05) is 11.9 Å². The third-order valence-electron chi connectivity index (χ3n) is 2.33. The molecule has 0 aliphatic carbocycles. The van der Waals surface area contributed by atoms with Crippen LogP contribution in [0.15, 0.2) is 18.2 Å². The molecule has 1 aromatic rings. The van der Waals surface area contributed by atoms with Gasteiger partial charge in [-0.2, -0.15) is 0 Å². The van der Waals surface area contributed by atoms with Crippen LogP contribution >= 0.6 is 11.6 Å². The molecule has 0 unspecified atom stereocenters. The highest BCUT2D eigenvalue weighted by Gasteiger charge is 2.05. The van der Waals surface area contributed by atoms with E-state index in [-0.39, 0.29) is 5.91 Å². The van der Waals surface area contributed by atoms with E-state index in [1.54, 1.807) is 18.2 Å². The van der Waals surface area contributed by atoms with Crippen molar-refractivity contribution in [2.45, 2.75) is 26.2 Å². The summed E-state index contributed by atoms with van der Waals surface area (Å²) in [6.45, 7) is 2.35. The summed E-state index contributed by atoms with van der Waals surface area (Å²) in [7, 11) is 0. The van der Waals surface area contributed by atoms with Crippen LogP contribution in [0, 0.1) is 11.8 Å². The van der Waals surface area contributed by atoms with Gasteiger partial charge in [0.15, 0.2) is 0 Å². The van der Waals surface area contributed by atoms with Crippen molar-refractivity contribution in [1.29, 1.82) is 0 Å². The predicted molar refractivity (Wildman–Crippen MR) is 75.5 cm³/mol. The summed E-state index contributed by atoms with van der Waals surface area (Å²) >= 11 is 6.02. The first kappa shape index (κ1) is 14.6. The largest absolute Gasteiger partial charge is 0.325 e. The minimum Gasteiger partial charge on any atom is -0.325 e. The molecule has 3 nitrogen and oxygen atoms in total. The van der Waals surface area contributed by atoms with E-state index in [4.69, 9.17) is 17.3 Å². The van der Waals surface area contributed by atoms with Crippen LogP contribution in [0.25, 0.3) is 0 Å². The fourth-order valence-corrected chi connectivity index (χ4v) is 1.57. The quantitative estimate of drug-likeness (QED) is 0.822. The van der Waals surface area contributed by atoms with E-state index < -0.39 is 0 Å². The Morgan fingerprint density at radius 1 is 1.50 bits per heavy atom. The zero-order valence-corrected chi connectivity index (χ0v) is 11.2. The lowest BCUT2D eigenvalue weighted by Gasteiger charge is -2.07. The lowest BCUT2D eigenvalue weighted by molar-refractivity contribution is -0.116. The minimum absolute atomic E-state index is 0.0253. The molecular formula is C14H17ClN2O. The molecule has 4 heteroatoms. The van der Waals surface area contributed by atoms with Gasteiger partial charge in [-0.15, -0.1) is 0 Å². The van der Waals surface area contributed by atoms with Crippen LogP contribution in [0.3, 0.4) is 0 Å². The van der Waals surface area contributed by atoms with E-state index in [0.717, 1.165) is 18.4 Å². The Balaban J connectivity index is 2.77. The molecule has 0 saturated carbocycles. The molecule has 3 N–H and O–H groups in total. The van der Waals surface area contributed by atoms with Crippen LogP contribution in [0.4, 0.5) is 5.69 Å². The summed E-state index contributed by atoms with van der Waals surface area (Å²) in [5, 5.41) is 3.30. The molecule has 0 fully saturated rings. The standard InChI is InChI=1S/C14H17ClN2O/c1-2-3-6-14(18)17-13-10-11(5-4-9-16)7-8-12(13)15/h7-8,10H,2-3,6,9,16H2,1H3,(H,17,18). The first-order valence-corrected chi connectivity index (χ1v) is 6.33. The molecule has 0 saturated heterocycles. The summed E-state index contributed by atoms with van der Waals surface area (Å²) in [6, 6.07) is 5.28. The number of carbonyl (C=O) groups is 1. The number of amides is 1. The monoisotopic (exact) mass is 264 g/mol. The van der Waals surface area contributed by atoms with Gasteiger partial charge in [-0.25, -0.2) is 0 Å². The van der Waals surface area contributed by atoms with Gasteiger partial charge in [-0.3, -0.25) is 4.79 Å². The molecule has 0 atom stereocenters. The van der Waals surface area contributed by atoms with E-state index in [0.29, 0.717) is 23.7 Å². The zero-order valence-electron chi connectivity index (χ0n) is 10.4. The normalized spacial score (nSPS) is 9.50. The minimum atomic E-state index is -0.0253. The molecule has 0 aromatic heterocycles. The Hall–Kier alpha value is -1.50. The zero-order chi connectivity index (χ0) is 13.4. The Kier molecular flexibility index (Phi) is 6.27. The Morgan fingerprint density at radius 2 is 2.28 bits per heavy atom. The van der Waals surface area contributed by atoms with Gasteiger partial charge in [0.25, 0.3) is 0 Å². The van der Waals surface area contributed by atoms with Gasteiger partial charge >= 0.3 is 0 Å². The third-order valence-corrected chi connectivity index (χ3v) is 2.66. The van der Waals surface area contributed by atoms with Crippen LogP contribution in [-0.4, -0.2) is 12.5 Å². The molecule has 0 heterocycles. The number of carbonyl (C=O) groups excluding carboxylic acids is 1. The van der Waals surface area contributed by atoms with Gasteiger partial charge in [0.2, 0.25) is 5.91 Å². The second kappa shape index (κ2) is 7.75. The molecule has 0 radical (unpaired) electrons. The molecule has 0 aliphatic heterocycles. The molecule has 96 valence electrons. The maximum atomic E-state index is 11.6. The average molecular weight is 265 g/mol. The van der Waals surface area contributed by atoms with Gasteiger partial charge in [-0.1, -0.05) is 36.8 Å². The highest BCUT2D eigenvalue weighted by atomic mass is 35.5. The van der Waals surface area contributed by atoms with Gasteiger partial charge in [0, 0.05) is 12.0 Å². The maximum Gasteiger partial charge on any atom is 0.224 e. The molecular weight excluding hydrogens is 248 g/mol. The average Bonchev–Trinajstić information content (AvgIpc) is 2.37. The molecule has 0 spiro atoms. The fourth-order valence-electron chi connectivity index (χ4n) is 1.40. The van der Waals surface area contributed by atoms with Gasteiger partial charge in [-0.05, 0) is 24.6 Å². The van der Waals surface area contributed by atoms with Gasteiger partial charge < -0.3 is 11.1 Å². The second-order valence-electron chi connectivity index (χ2n) is 3.85.